The standard InChI is InChI=1S/C23H30N2O3S/c24-23(26)22(29(27)18-19-9-3-1-4-10-19)13-8-16-28-21-12-7-11-20(17-21)25-14-5-2-6-15-25/h1,3-4,7,9-12,17,22H,2,5-6,8,13-16,18H2,(H2,24,26). The molecular formula is C23H30N2O3S. The lowest BCUT2D eigenvalue weighted by atomic mass is 10.1. The molecule has 1 aliphatic rings. The van der Waals surface area contributed by atoms with Crippen LogP contribution >= 0.6 is 0 Å². The van der Waals surface area contributed by atoms with Crippen LogP contribution in [0.1, 0.15) is 37.7 Å². The highest BCUT2D eigenvalue weighted by Crippen LogP contribution is 2.24. The number of ether oxygens (including phenoxy) is 1. The van der Waals surface area contributed by atoms with Gasteiger partial charge in [0.15, 0.2) is 0 Å². The number of carbonyl (C=O) groups excluding carboxylic acids is 1. The summed E-state index contributed by atoms with van der Waals surface area (Å²) in [5.74, 6) is 0.660. The maximum atomic E-state index is 12.6. The number of amides is 1. The second-order valence-corrected chi connectivity index (χ2v) is 9.06. The Morgan fingerprint density at radius 2 is 1.83 bits per heavy atom. The van der Waals surface area contributed by atoms with Gasteiger partial charge < -0.3 is 15.4 Å². The first-order chi connectivity index (χ1) is 14.1. The van der Waals surface area contributed by atoms with Gasteiger partial charge in [-0.25, -0.2) is 0 Å². The normalized spacial score (nSPS) is 16.2. The summed E-state index contributed by atoms with van der Waals surface area (Å²) in [7, 11) is -1.33. The monoisotopic (exact) mass is 414 g/mol. The van der Waals surface area contributed by atoms with Crippen molar-refractivity contribution in [1.82, 2.24) is 0 Å². The molecule has 3 rings (SSSR count). The third-order valence-corrected chi connectivity index (χ3v) is 6.93. The van der Waals surface area contributed by atoms with Crippen molar-refractivity contribution in [3.05, 3.63) is 60.2 Å². The lowest BCUT2D eigenvalue weighted by Gasteiger charge is -2.29. The highest BCUT2D eigenvalue weighted by molar-refractivity contribution is 7.85. The summed E-state index contributed by atoms with van der Waals surface area (Å²) < 4.78 is 18.5. The van der Waals surface area contributed by atoms with Crippen LogP contribution in [-0.2, 0) is 21.3 Å². The van der Waals surface area contributed by atoms with Gasteiger partial charge in [0.2, 0.25) is 5.91 Å². The molecule has 1 amide bonds. The van der Waals surface area contributed by atoms with Gasteiger partial charge in [-0.3, -0.25) is 9.00 Å². The molecule has 2 N–H and O–H groups in total. The fraction of sp³-hybridized carbons (Fsp3) is 0.435. The molecule has 2 atom stereocenters. The van der Waals surface area contributed by atoms with Gasteiger partial charge in [-0.2, -0.15) is 0 Å². The summed E-state index contributed by atoms with van der Waals surface area (Å²) in [5, 5.41) is -0.654. The number of benzene rings is 2. The van der Waals surface area contributed by atoms with Crippen molar-refractivity contribution in [3.63, 3.8) is 0 Å². The van der Waals surface area contributed by atoms with E-state index in [2.05, 4.69) is 17.0 Å². The van der Waals surface area contributed by atoms with E-state index in [1.54, 1.807) is 0 Å². The summed E-state index contributed by atoms with van der Waals surface area (Å²) in [6.45, 7) is 2.66. The number of piperidine rings is 1. The average molecular weight is 415 g/mol. The van der Waals surface area contributed by atoms with Crippen LogP contribution in [0.4, 0.5) is 5.69 Å². The number of hydrogen-bond donors (Lipinski definition) is 1. The molecule has 2 aromatic carbocycles. The molecule has 0 radical (unpaired) electrons. The van der Waals surface area contributed by atoms with E-state index < -0.39 is 22.0 Å². The molecular weight excluding hydrogens is 384 g/mol. The van der Waals surface area contributed by atoms with Gasteiger partial charge in [0.05, 0.1) is 6.61 Å². The van der Waals surface area contributed by atoms with Crippen molar-refractivity contribution < 1.29 is 13.7 Å². The lowest BCUT2D eigenvalue weighted by molar-refractivity contribution is -0.117. The minimum atomic E-state index is -1.33. The van der Waals surface area contributed by atoms with Crippen LogP contribution in [0.3, 0.4) is 0 Å². The molecule has 0 aromatic heterocycles. The fourth-order valence-electron chi connectivity index (χ4n) is 3.62. The minimum Gasteiger partial charge on any atom is -0.494 e. The van der Waals surface area contributed by atoms with Crippen molar-refractivity contribution in [2.24, 2.45) is 5.73 Å². The van der Waals surface area contributed by atoms with Gasteiger partial charge in [0.1, 0.15) is 11.0 Å². The Kier molecular flexibility index (Phi) is 8.11. The van der Waals surface area contributed by atoms with Crippen molar-refractivity contribution in [3.8, 4) is 5.75 Å². The number of hydrogen-bond acceptors (Lipinski definition) is 4. The van der Waals surface area contributed by atoms with Crippen LogP contribution < -0.4 is 15.4 Å². The van der Waals surface area contributed by atoms with Gasteiger partial charge in [0, 0.05) is 41.4 Å². The average Bonchev–Trinajstić information content (AvgIpc) is 2.75. The first-order valence-corrected chi connectivity index (χ1v) is 11.7. The van der Waals surface area contributed by atoms with Gasteiger partial charge in [-0.1, -0.05) is 36.4 Å². The summed E-state index contributed by atoms with van der Waals surface area (Å²) in [5.41, 5.74) is 7.65. The fourth-order valence-corrected chi connectivity index (χ4v) is 5.03. The zero-order valence-electron chi connectivity index (χ0n) is 16.8. The maximum Gasteiger partial charge on any atom is 0.233 e. The number of carbonyl (C=O) groups is 1. The Hall–Kier alpha value is -2.34. The van der Waals surface area contributed by atoms with E-state index in [1.807, 2.05) is 42.5 Å². The van der Waals surface area contributed by atoms with Crippen LogP contribution in [0.15, 0.2) is 54.6 Å². The van der Waals surface area contributed by atoms with Crippen LogP contribution in [0.5, 0.6) is 5.75 Å². The molecule has 156 valence electrons. The second-order valence-electron chi connectivity index (χ2n) is 7.44. The summed E-state index contributed by atoms with van der Waals surface area (Å²) in [4.78, 5) is 14.2. The molecule has 29 heavy (non-hydrogen) atoms. The Morgan fingerprint density at radius 1 is 1.07 bits per heavy atom. The molecule has 1 heterocycles. The Balaban J connectivity index is 1.47. The molecule has 0 spiro atoms. The molecule has 2 unspecified atom stereocenters. The highest BCUT2D eigenvalue weighted by atomic mass is 32.2. The number of rotatable bonds is 10. The lowest BCUT2D eigenvalue weighted by Crippen LogP contribution is -2.33. The van der Waals surface area contributed by atoms with E-state index in [4.69, 9.17) is 10.5 Å². The Bertz CT molecular complexity index is 807. The van der Waals surface area contributed by atoms with Crippen molar-refractivity contribution in [2.75, 3.05) is 24.6 Å². The van der Waals surface area contributed by atoms with E-state index in [9.17, 15) is 9.00 Å². The van der Waals surface area contributed by atoms with Crippen LogP contribution in [-0.4, -0.2) is 35.1 Å². The molecule has 0 aliphatic carbocycles. The van der Waals surface area contributed by atoms with E-state index in [1.165, 1.54) is 24.9 Å². The number of anilines is 1. The van der Waals surface area contributed by atoms with E-state index >= 15 is 0 Å². The predicted octanol–water partition coefficient (Wildman–Crippen LogP) is 3.64. The minimum absolute atomic E-state index is 0.340. The number of nitrogens with two attached hydrogens (primary N) is 1. The Morgan fingerprint density at radius 3 is 2.55 bits per heavy atom. The molecule has 2 aromatic rings. The third kappa shape index (κ3) is 6.60. The molecule has 5 nitrogen and oxygen atoms in total. The molecule has 0 bridgehead atoms. The first-order valence-electron chi connectivity index (χ1n) is 10.3. The third-order valence-electron chi connectivity index (χ3n) is 5.20. The SMILES string of the molecule is NC(=O)C(CCCOc1cccc(N2CCCCC2)c1)S(=O)Cc1ccccc1. The highest BCUT2D eigenvalue weighted by Gasteiger charge is 2.22. The molecule has 6 heteroatoms. The van der Waals surface area contributed by atoms with Crippen LogP contribution in [0, 0.1) is 0 Å². The summed E-state index contributed by atoms with van der Waals surface area (Å²) >= 11 is 0. The van der Waals surface area contributed by atoms with Gasteiger partial charge >= 0.3 is 0 Å². The zero-order valence-corrected chi connectivity index (χ0v) is 17.6. The molecule has 1 saturated heterocycles. The molecule has 1 fully saturated rings. The summed E-state index contributed by atoms with van der Waals surface area (Å²) in [6, 6.07) is 17.7. The molecule has 0 saturated carbocycles. The van der Waals surface area contributed by atoms with Crippen LogP contribution in [0.2, 0.25) is 0 Å². The van der Waals surface area contributed by atoms with Crippen molar-refractivity contribution >= 4 is 22.4 Å². The zero-order chi connectivity index (χ0) is 20.5. The largest absolute Gasteiger partial charge is 0.494 e. The predicted molar refractivity (Wildman–Crippen MR) is 119 cm³/mol. The smallest absolute Gasteiger partial charge is 0.233 e. The number of nitrogens with zero attached hydrogens (tertiary/aromatic N) is 1. The van der Waals surface area contributed by atoms with Crippen molar-refractivity contribution in [2.45, 2.75) is 43.1 Å². The topological polar surface area (TPSA) is 72.6 Å². The van der Waals surface area contributed by atoms with Gasteiger partial charge in [-0.05, 0) is 49.8 Å². The quantitative estimate of drug-likeness (QED) is 0.603. The number of primary amides is 1. The molecule has 1 aliphatic heterocycles. The second kappa shape index (κ2) is 11.0. The van der Waals surface area contributed by atoms with Gasteiger partial charge in [0.25, 0.3) is 0 Å². The van der Waals surface area contributed by atoms with Gasteiger partial charge in [-0.15, -0.1) is 0 Å². The summed E-state index contributed by atoms with van der Waals surface area (Å²) in [6.07, 6.45) is 4.86. The first kappa shape index (κ1) is 21.4. The Labute approximate surface area is 175 Å². The maximum absolute atomic E-state index is 12.6. The van der Waals surface area contributed by atoms with Crippen molar-refractivity contribution in [1.29, 1.82) is 0 Å². The van der Waals surface area contributed by atoms with E-state index in [0.717, 1.165) is 24.4 Å². The van der Waals surface area contributed by atoms with E-state index in [-0.39, 0.29) is 0 Å². The van der Waals surface area contributed by atoms with E-state index in [0.29, 0.717) is 25.2 Å². The van der Waals surface area contributed by atoms with Crippen LogP contribution in [0.25, 0.3) is 0 Å².